The molecule has 0 radical (unpaired) electrons. The molecule has 0 saturated carbocycles. The van der Waals surface area contributed by atoms with Gasteiger partial charge in [-0.25, -0.2) is 0 Å². The minimum Gasteiger partial charge on any atom is -0.595 e. The van der Waals surface area contributed by atoms with Gasteiger partial charge in [0.15, 0.2) is 6.04 Å². The van der Waals surface area contributed by atoms with Crippen molar-refractivity contribution in [2.75, 3.05) is 0 Å². The first-order valence-corrected chi connectivity index (χ1v) is 5.22. The van der Waals surface area contributed by atoms with Crippen molar-refractivity contribution in [2.45, 2.75) is 19.9 Å². The van der Waals surface area contributed by atoms with E-state index in [1.54, 1.807) is 19.9 Å². The summed E-state index contributed by atoms with van der Waals surface area (Å²) in [6, 6.07) is 8.99. The summed E-state index contributed by atoms with van der Waals surface area (Å²) in [6.07, 6.45) is 2.98. The Kier molecular flexibility index (Phi) is 4.87. The van der Waals surface area contributed by atoms with Gasteiger partial charge in [-0.2, -0.15) is 0 Å². The Bertz CT molecular complexity index is 438. The van der Waals surface area contributed by atoms with Gasteiger partial charge >= 0.3 is 0 Å². The van der Waals surface area contributed by atoms with Crippen molar-refractivity contribution in [1.82, 2.24) is 0 Å². The molecule has 0 aliphatic rings. The standard InChI is InChI=1S/C12H15N3O2/c1-10(11(2)14-16)13-15(17)9-8-12-6-4-3-5-7-12/h3-10,16H,1-2H3. The molecule has 1 N–H and O–H groups in total. The fourth-order valence-electron chi connectivity index (χ4n) is 1.09. The quantitative estimate of drug-likeness (QED) is 0.285. The van der Waals surface area contributed by atoms with Crippen LogP contribution in [0.3, 0.4) is 0 Å². The Morgan fingerprint density at radius 3 is 2.65 bits per heavy atom. The third kappa shape index (κ3) is 4.46. The maximum absolute atomic E-state index is 11.4. The minimum absolute atomic E-state index is 0.388. The van der Waals surface area contributed by atoms with Gasteiger partial charge in [0.1, 0.15) is 0 Å². The molecule has 1 rings (SSSR count). The topological polar surface area (TPSA) is 71.0 Å². The molecule has 0 amide bonds. The second kappa shape index (κ2) is 6.42. The lowest BCUT2D eigenvalue weighted by Gasteiger charge is -2.00. The average molecular weight is 233 g/mol. The monoisotopic (exact) mass is 233 g/mol. The Hall–Kier alpha value is -2.17. The van der Waals surface area contributed by atoms with Crippen LogP contribution in [0.15, 0.2) is 46.8 Å². The zero-order chi connectivity index (χ0) is 12.7. The molecule has 0 aliphatic heterocycles. The van der Waals surface area contributed by atoms with E-state index >= 15 is 0 Å². The number of hydrogen-bond acceptors (Lipinski definition) is 4. The van der Waals surface area contributed by atoms with Gasteiger partial charge in [0.25, 0.3) is 0 Å². The molecule has 5 heteroatoms. The number of oxime groups is 1. The van der Waals surface area contributed by atoms with E-state index in [1.165, 1.54) is 6.20 Å². The smallest absolute Gasteiger partial charge is 0.210 e. The number of hydrogen-bond donors (Lipinski definition) is 1. The number of nitrogens with zero attached hydrogens (tertiary/aromatic N) is 3. The van der Waals surface area contributed by atoms with Gasteiger partial charge in [0, 0.05) is 6.08 Å². The maximum atomic E-state index is 11.4. The van der Waals surface area contributed by atoms with Crippen molar-refractivity contribution in [1.29, 1.82) is 0 Å². The third-order valence-corrected chi connectivity index (χ3v) is 2.24. The molecular formula is C12H15N3O2. The SMILES string of the molecule is CC(=NO)C(C)N=[N+]([O-])C=Cc1ccccc1. The van der Waals surface area contributed by atoms with E-state index < -0.39 is 6.04 Å². The van der Waals surface area contributed by atoms with Crippen molar-refractivity contribution < 1.29 is 10.1 Å². The first-order chi connectivity index (χ1) is 8.13. The molecule has 0 spiro atoms. The highest BCUT2D eigenvalue weighted by atomic mass is 16.5. The van der Waals surface area contributed by atoms with Gasteiger partial charge in [-0.1, -0.05) is 40.3 Å². The van der Waals surface area contributed by atoms with Gasteiger partial charge in [0.2, 0.25) is 6.20 Å². The predicted octanol–water partition coefficient (Wildman–Crippen LogP) is 2.86. The van der Waals surface area contributed by atoms with Crippen molar-refractivity contribution in [3.8, 4) is 0 Å². The normalized spacial score (nSPS) is 15.2. The van der Waals surface area contributed by atoms with Crippen molar-refractivity contribution in [3.63, 3.8) is 0 Å². The number of benzene rings is 1. The summed E-state index contributed by atoms with van der Waals surface area (Å²) in [5.41, 5.74) is 1.31. The van der Waals surface area contributed by atoms with Gasteiger partial charge in [-0.15, -0.1) is 0 Å². The highest BCUT2D eigenvalue weighted by molar-refractivity contribution is 5.86. The van der Waals surface area contributed by atoms with E-state index in [9.17, 15) is 5.21 Å². The van der Waals surface area contributed by atoms with Crippen LogP contribution in [-0.2, 0) is 0 Å². The molecule has 1 atom stereocenters. The van der Waals surface area contributed by atoms with Gasteiger partial charge in [0.05, 0.1) is 5.71 Å². The van der Waals surface area contributed by atoms with E-state index in [4.69, 9.17) is 5.21 Å². The highest BCUT2D eigenvalue weighted by Gasteiger charge is 2.07. The molecule has 1 unspecified atom stereocenters. The second-order valence-electron chi connectivity index (χ2n) is 3.56. The number of hydroxylamine groups is 1. The molecule has 0 heterocycles. The largest absolute Gasteiger partial charge is 0.595 e. The summed E-state index contributed by atoms with van der Waals surface area (Å²) < 4.78 is 0. The molecule has 0 fully saturated rings. The number of azo groups is 1. The summed E-state index contributed by atoms with van der Waals surface area (Å²) in [5, 5.41) is 26.6. The highest BCUT2D eigenvalue weighted by Crippen LogP contribution is 2.01. The van der Waals surface area contributed by atoms with Crippen molar-refractivity contribution in [2.24, 2.45) is 10.3 Å². The van der Waals surface area contributed by atoms with E-state index in [0.717, 1.165) is 5.56 Å². The van der Waals surface area contributed by atoms with Crippen LogP contribution < -0.4 is 0 Å². The Morgan fingerprint density at radius 1 is 1.41 bits per heavy atom. The Labute approximate surface area is 100.0 Å². The van der Waals surface area contributed by atoms with E-state index in [2.05, 4.69) is 10.3 Å². The summed E-state index contributed by atoms with van der Waals surface area (Å²) in [6.45, 7) is 3.28. The lowest BCUT2D eigenvalue weighted by molar-refractivity contribution is -0.459. The van der Waals surface area contributed by atoms with Crippen LogP contribution in [0.4, 0.5) is 0 Å². The van der Waals surface area contributed by atoms with Crippen LogP contribution in [0.25, 0.3) is 6.08 Å². The lowest BCUT2D eigenvalue weighted by atomic mass is 10.2. The van der Waals surface area contributed by atoms with E-state index in [-0.39, 0.29) is 0 Å². The van der Waals surface area contributed by atoms with Crippen molar-refractivity contribution in [3.05, 3.63) is 47.3 Å². The van der Waals surface area contributed by atoms with Gasteiger partial charge in [-0.3, -0.25) is 0 Å². The van der Waals surface area contributed by atoms with Crippen LogP contribution >= 0.6 is 0 Å². The number of rotatable bonds is 4. The molecule has 1 aromatic rings. The molecule has 0 aliphatic carbocycles. The summed E-state index contributed by atoms with van der Waals surface area (Å²) >= 11 is 0. The van der Waals surface area contributed by atoms with Crippen LogP contribution in [0.5, 0.6) is 0 Å². The molecule has 17 heavy (non-hydrogen) atoms. The fraction of sp³-hybridized carbons (Fsp3) is 0.250. The summed E-state index contributed by atoms with van der Waals surface area (Å²) in [4.78, 5) is 0.465. The first kappa shape index (κ1) is 12.9. The zero-order valence-corrected chi connectivity index (χ0v) is 9.82. The van der Waals surface area contributed by atoms with E-state index in [1.807, 2.05) is 30.3 Å². The Morgan fingerprint density at radius 2 is 2.06 bits per heavy atom. The fourth-order valence-corrected chi connectivity index (χ4v) is 1.09. The average Bonchev–Trinajstić information content (AvgIpc) is 2.36. The van der Waals surface area contributed by atoms with Gasteiger partial charge in [-0.05, 0) is 24.5 Å². The summed E-state index contributed by atoms with van der Waals surface area (Å²) in [7, 11) is 0. The van der Waals surface area contributed by atoms with Crippen molar-refractivity contribution >= 4 is 11.8 Å². The van der Waals surface area contributed by atoms with E-state index in [0.29, 0.717) is 10.6 Å². The molecule has 1 aromatic carbocycles. The second-order valence-corrected chi connectivity index (χ2v) is 3.56. The molecule has 0 bridgehead atoms. The lowest BCUT2D eigenvalue weighted by Crippen LogP contribution is -2.12. The van der Waals surface area contributed by atoms with Crippen LogP contribution in [0.1, 0.15) is 19.4 Å². The molecule has 0 saturated heterocycles. The zero-order valence-electron chi connectivity index (χ0n) is 9.82. The predicted molar refractivity (Wildman–Crippen MR) is 65.9 cm³/mol. The van der Waals surface area contributed by atoms with Gasteiger partial charge < -0.3 is 10.4 Å². The Balaban J connectivity index is 2.69. The van der Waals surface area contributed by atoms with Crippen LogP contribution in [-0.4, -0.2) is 21.8 Å². The molecular weight excluding hydrogens is 218 g/mol. The molecule has 90 valence electrons. The molecule has 5 nitrogen and oxygen atoms in total. The minimum atomic E-state index is -0.446. The van der Waals surface area contributed by atoms with Crippen LogP contribution in [0, 0.1) is 5.21 Å². The third-order valence-electron chi connectivity index (χ3n) is 2.24. The first-order valence-electron chi connectivity index (χ1n) is 5.22. The maximum Gasteiger partial charge on any atom is 0.210 e. The summed E-state index contributed by atoms with van der Waals surface area (Å²) in [5.74, 6) is 0. The molecule has 0 aromatic heterocycles. The van der Waals surface area contributed by atoms with Crippen LogP contribution in [0.2, 0.25) is 0 Å².